The minimum Gasteiger partial charge on any atom is -0.348 e. The molecule has 4 heteroatoms. The Kier molecular flexibility index (Phi) is 2.75. The SMILES string of the molecule is CC(C)NC(=O)c1cc2n(n1)CCCC2. The fourth-order valence-corrected chi connectivity index (χ4v) is 1.87. The van der Waals surface area contributed by atoms with Crippen molar-refractivity contribution >= 4 is 5.91 Å². The van der Waals surface area contributed by atoms with Crippen molar-refractivity contribution in [2.75, 3.05) is 0 Å². The van der Waals surface area contributed by atoms with Gasteiger partial charge in [-0.15, -0.1) is 0 Å². The first-order valence-electron chi connectivity index (χ1n) is 5.54. The number of fused-ring (bicyclic) bond motifs is 1. The number of hydrogen-bond acceptors (Lipinski definition) is 2. The number of carbonyl (C=O) groups is 1. The monoisotopic (exact) mass is 207 g/mol. The van der Waals surface area contributed by atoms with Crippen LogP contribution in [0.2, 0.25) is 0 Å². The normalized spacial score (nSPS) is 15.1. The molecule has 0 spiro atoms. The summed E-state index contributed by atoms with van der Waals surface area (Å²) in [5.41, 5.74) is 1.75. The van der Waals surface area contributed by atoms with Crippen LogP contribution in [0.1, 0.15) is 42.9 Å². The van der Waals surface area contributed by atoms with E-state index in [4.69, 9.17) is 0 Å². The van der Waals surface area contributed by atoms with E-state index in [2.05, 4.69) is 10.4 Å². The maximum absolute atomic E-state index is 11.7. The molecule has 15 heavy (non-hydrogen) atoms. The summed E-state index contributed by atoms with van der Waals surface area (Å²) in [6.07, 6.45) is 3.42. The zero-order chi connectivity index (χ0) is 10.8. The van der Waals surface area contributed by atoms with Crippen LogP contribution >= 0.6 is 0 Å². The highest BCUT2D eigenvalue weighted by molar-refractivity contribution is 5.92. The van der Waals surface area contributed by atoms with E-state index in [1.165, 1.54) is 18.5 Å². The summed E-state index contributed by atoms with van der Waals surface area (Å²) in [6, 6.07) is 2.08. The largest absolute Gasteiger partial charge is 0.348 e. The molecular weight excluding hydrogens is 190 g/mol. The number of hydrogen-bond donors (Lipinski definition) is 1. The zero-order valence-corrected chi connectivity index (χ0v) is 9.29. The Balaban J connectivity index is 2.15. The number of rotatable bonds is 2. The first-order chi connectivity index (χ1) is 7.16. The van der Waals surface area contributed by atoms with Gasteiger partial charge in [0.2, 0.25) is 0 Å². The smallest absolute Gasteiger partial charge is 0.271 e. The molecule has 1 amide bonds. The summed E-state index contributed by atoms with van der Waals surface area (Å²) < 4.78 is 1.96. The van der Waals surface area contributed by atoms with Gasteiger partial charge in [-0.1, -0.05) is 0 Å². The number of carbonyl (C=O) groups excluding carboxylic acids is 1. The van der Waals surface area contributed by atoms with Gasteiger partial charge in [0.1, 0.15) is 5.69 Å². The van der Waals surface area contributed by atoms with E-state index < -0.39 is 0 Å². The van der Waals surface area contributed by atoms with Gasteiger partial charge >= 0.3 is 0 Å². The number of amides is 1. The zero-order valence-electron chi connectivity index (χ0n) is 9.29. The third-order valence-electron chi connectivity index (χ3n) is 2.57. The molecule has 2 rings (SSSR count). The summed E-state index contributed by atoms with van der Waals surface area (Å²) in [7, 11) is 0. The number of aromatic nitrogens is 2. The molecular formula is C11H17N3O. The third-order valence-corrected chi connectivity index (χ3v) is 2.57. The molecule has 0 aromatic carbocycles. The summed E-state index contributed by atoms with van der Waals surface area (Å²) in [5, 5.41) is 7.16. The highest BCUT2D eigenvalue weighted by Gasteiger charge is 2.16. The molecule has 0 saturated heterocycles. The summed E-state index contributed by atoms with van der Waals surface area (Å²) >= 11 is 0. The first-order valence-corrected chi connectivity index (χ1v) is 5.54. The lowest BCUT2D eigenvalue weighted by Crippen LogP contribution is -2.30. The van der Waals surface area contributed by atoms with Crippen LogP contribution in [0.5, 0.6) is 0 Å². The maximum atomic E-state index is 11.7. The van der Waals surface area contributed by atoms with Gasteiger partial charge in [-0.05, 0) is 39.2 Å². The standard InChI is InChI=1S/C11H17N3O/c1-8(2)12-11(15)10-7-9-5-3-4-6-14(9)13-10/h7-8H,3-6H2,1-2H3,(H,12,15). The predicted octanol–water partition coefficient (Wildman–Crippen LogP) is 1.36. The molecule has 82 valence electrons. The van der Waals surface area contributed by atoms with Crippen molar-refractivity contribution in [2.24, 2.45) is 0 Å². The molecule has 0 aliphatic carbocycles. The Morgan fingerprint density at radius 2 is 2.33 bits per heavy atom. The Bertz CT molecular complexity index is 344. The molecule has 0 fully saturated rings. The predicted molar refractivity (Wildman–Crippen MR) is 57.8 cm³/mol. The molecule has 1 aromatic rings. The highest BCUT2D eigenvalue weighted by atomic mass is 16.2. The summed E-state index contributed by atoms with van der Waals surface area (Å²) in [6.45, 7) is 4.85. The average molecular weight is 207 g/mol. The minimum atomic E-state index is -0.0631. The average Bonchev–Trinajstić information content (AvgIpc) is 2.59. The Morgan fingerprint density at radius 3 is 3.00 bits per heavy atom. The number of aryl methyl sites for hydroxylation is 2. The number of nitrogens with zero attached hydrogens (tertiary/aromatic N) is 2. The third kappa shape index (κ3) is 2.19. The van der Waals surface area contributed by atoms with E-state index >= 15 is 0 Å². The van der Waals surface area contributed by atoms with Crippen molar-refractivity contribution in [1.82, 2.24) is 15.1 Å². The van der Waals surface area contributed by atoms with Crippen molar-refractivity contribution < 1.29 is 4.79 Å². The summed E-state index contributed by atoms with van der Waals surface area (Å²) in [5.74, 6) is -0.0631. The number of nitrogens with one attached hydrogen (secondary N) is 1. The van der Waals surface area contributed by atoms with Gasteiger partial charge in [0.25, 0.3) is 5.91 Å². The van der Waals surface area contributed by atoms with E-state index in [0.717, 1.165) is 13.0 Å². The molecule has 1 N–H and O–H groups in total. The van der Waals surface area contributed by atoms with E-state index in [1.54, 1.807) is 0 Å². The molecule has 0 saturated carbocycles. The van der Waals surface area contributed by atoms with Gasteiger partial charge in [0.05, 0.1) is 0 Å². The highest BCUT2D eigenvalue weighted by Crippen LogP contribution is 2.15. The topological polar surface area (TPSA) is 46.9 Å². The van der Waals surface area contributed by atoms with Crippen molar-refractivity contribution in [3.05, 3.63) is 17.5 Å². The van der Waals surface area contributed by atoms with Gasteiger partial charge < -0.3 is 5.32 Å². The van der Waals surface area contributed by atoms with Crippen molar-refractivity contribution in [3.63, 3.8) is 0 Å². The first kappa shape index (κ1) is 10.2. The molecule has 2 heterocycles. The van der Waals surface area contributed by atoms with Crippen LogP contribution in [-0.4, -0.2) is 21.7 Å². The maximum Gasteiger partial charge on any atom is 0.271 e. The fraction of sp³-hybridized carbons (Fsp3) is 0.636. The molecule has 1 aromatic heterocycles. The summed E-state index contributed by atoms with van der Waals surface area (Å²) in [4.78, 5) is 11.7. The molecule has 1 aliphatic heterocycles. The van der Waals surface area contributed by atoms with Crippen LogP contribution in [0, 0.1) is 0 Å². The van der Waals surface area contributed by atoms with E-state index in [0.29, 0.717) is 5.69 Å². The van der Waals surface area contributed by atoms with Crippen LogP contribution < -0.4 is 5.32 Å². The van der Waals surface area contributed by atoms with E-state index in [1.807, 2.05) is 24.6 Å². The van der Waals surface area contributed by atoms with Crippen LogP contribution in [0.15, 0.2) is 6.07 Å². The molecule has 0 atom stereocenters. The lowest BCUT2D eigenvalue weighted by Gasteiger charge is -2.11. The fourth-order valence-electron chi connectivity index (χ4n) is 1.87. The van der Waals surface area contributed by atoms with Gasteiger partial charge in [0.15, 0.2) is 0 Å². The minimum absolute atomic E-state index is 0.0631. The molecule has 0 radical (unpaired) electrons. The second-order valence-electron chi connectivity index (χ2n) is 4.33. The van der Waals surface area contributed by atoms with Crippen LogP contribution in [0.3, 0.4) is 0 Å². The van der Waals surface area contributed by atoms with Crippen LogP contribution in [0.4, 0.5) is 0 Å². The Hall–Kier alpha value is -1.32. The molecule has 4 nitrogen and oxygen atoms in total. The second-order valence-corrected chi connectivity index (χ2v) is 4.33. The van der Waals surface area contributed by atoms with Crippen LogP contribution in [0.25, 0.3) is 0 Å². The van der Waals surface area contributed by atoms with Gasteiger partial charge in [-0.25, -0.2) is 0 Å². The quantitative estimate of drug-likeness (QED) is 0.796. The lowest BCUT2D eigenvalue weighted by molar-refractivity contribution is 0.0937. The van der Waals surface area contributed by atoms with Crippen molar-refractivity contribution in [1.29, 1.82) is 0 Å². The molecule has 1 aliphatic rings. The van der Waals surface area contributed by atoms with E-state index in [9.17, 15) is 4.79 Å². The van der Waals surface area contributed by atoms with Crippen LogP contribution in [-0.2, 0) is 13.0 Å². The second kappa shape index (κ2) is 4.04. The molecule has 0 unspecified atom stereocenters. The lowest BCUT2D eigenvalue weighted by atomic mass is 10.1. The molecule has 0 bridgehead atoms. The van der Waals surface area contributed by atoms with E-state index in [-0.39, 0.29) is 11.9 Å². The Labute approximate surface area is 89.7 Å². The van der Waals surface area contributed by atoms with Gasteiger partial charge in [-0.3, -0.25) is 9.48 Å². The Morgan fingerprint density at radius 1 is 1.53 bits per heavy atom. The van der Waals surface area contributed by atoms with Gasteiger partial charge in [0, 0.05) is 18.3 Å². The van der Waals surface area contributed by atoms with Gasteiger partial charge in [-0.2, -0.15) is 5.10 Å². The van der Waals surface area contributed by atoms with Crippen molar-refractivity contribution in [3.8, 4) is 0 Å². The van der Waals surface area contributed by atoms with Crippen molar-refractivity contribution in [2.45, 2.75) is 45.7 Å².